The Morgan fingerprint density at radius 1 is 1.15 bits per heavy atom. The summed E-state index contributed by atoms with van der Waals surface area (Å²) in [6.07, 6.45) is 0. The molecule has 0 N–H and O–H groups in total. The number of carbonyl (C=O) groups is 1. The number of hydrogen-bond acceptors (Lipinski definition) is 4. The summed E-state index contributed by atoms with van der Waals surface area (Å²) in [5, 5.41) is 1.44. The molecule has 0 radical (unpaired) electrons. The molecule has 6 heteroatoms. The van der Waals surface area contributed by atoms with Crippen LogP contribution in [0.1, 0.15) is 18.5 Å². The molecule has 1 unspecified atom stereocenters. The first kappa shape index (κ1) is 18.0. The summed E-state index contributed by atoms with van der Waals surface area (Å²) >= 11 is 5.90. The predicted molar refractivity (Wildman–Crippen MR) is 101 cm³/mol. The number of hydrogen-bond donors (Lipinski definition) is 0. The van der Waals surface area contributed by atoms with Gasteiger partial charge in [-0.05, 0) is 42.8 Å². The van der Waals surface area contributed by atoms with Gasteiger partial charge in [-0.25, -0.2) is 4.79 Å². The molecule has 1 amide bonds. The minimum absolute atomic E-state index is 0.113. The lowest BCUT2D eigenvalue weighted by Crippen LogP contribution is -2.33. The fourth-order valence-corrected chi connectivity index (χ4v) is 2.68. The van der Waals surface area contributed by atoms with E-state index in [2.05, 4.69) is 0 Å². The van der Waals surface area contributed by atoms with Gasteiger partial charge in [0.1, 0.15) is 11.3 Å². The molecule has 3 aromatic rings. The monoisotopic (exact) mass is 371 g/mol. The summed E-state index contributed by atoms with van der Waals surface area (Å²) in [6, 6.07) is 15.4. The Bertz CT molecular complexity index is 981. The van der Waals surface area contributed by atoms with Crippen LogP contribution in [0, 0.1) is 0 Å². The van der Waals surface area contributed by atoms with Crippen molar-refractivity contribution >= 4 is 28.5 Å². The molecule has 134 valence electrons. The molecule has 0 aliphatic heterocycles. The van der Waals surface area contributed by atoms with E-state index in [1.54, 1.807) is 48.3 Å². The zero-order valence-electron chi connectivity index (χ0n) is 14.4. The van der Waals surface area contributed by atoms with Gasteiger partial charge >= 0.3 is 5.63 Å². The third-order valence-corrected chi connectivity index (χ3v) is 4.54. The molecule has 0 saturated carbocycles. The molecule has 5 nitrogen and oxygen atoms in total. The van der Waals surface area contributed by atoms with E-state index in [4.69, 9.17) is 20.8 Å². The first-order chi connectivity index (χ1) is 12.4. The summed E-state index contributed by atoms with van der Waals surface area (Å²) < 4.78 is 10.7. The van der Waals surface area contributed by atoms with Gasteiger partial charge in [0.05, 0.1) is 6.04 Å². The van der Waals surface area contributed by atoms with Crippen LogP contribution in [0.15, 0.2) is 63.8 Å². The molecule has 3 rings (SSSR count). The lowest BCUT2D eigenvalue weighted by molar-refractivity contribution is -0.134. The van der Waals surface area contributed by atoms with E-state index >= 15 is 0 Å². The predicted octanol–water partition coefficient (Wildman–Crippen LogP) is 4.04. The molecule has 1 aromatic heterocycles. The van der Waals surface area contributed by atoms with Gasteiger partial charge in [0.25, 0.3) is 5.91 Å². The van der Waals surface area contributed by atoms with Crippen LogP contribution < -0.4 is 10.4 Å². The third kappa shape index (κ3) is 4.06. The second-order valence-electron chi connectivity index (χ2n) is 5.97. The largest absolute Gasteiger partial charge is 0.484 e. The van der Waals surface area contributed by atoms with E-state index in [1.807, 2.05) is 19.1 Å². The van der Waals surface area contributed by atoms with Crippen LogP contribution in [0.4, 0.5) is 0 Å². The van der Waals surface area contributed by atoms with Gasteiger partial charge in [0, 0.05) is 29.6 Å². The molecular formula is C20H18ClNO4. The molecule has 1 atom stereocenters. The first-order valence-electron chi connectivity index (χ1n) is 8.12. The van der Waals surface area contributed by atoms with Gasteiger partial charge in [-0.2, -0.15) is 0 Å². The van der Waals surface area contributed by atoms with E-state index in [9.17, 15) is 9.59 Å². The van der Waals surface area contributed by atoms with Crippen molar-refractivity contribution in [2.45, 2.75) is 13.0 Å². The molecule has 0 bridgehead atoms. The zero-order chi connectivity index (χ0) is 18.7. The molecule has 2 aromatic carbocycles. The summed E-state index contributed by atoms with van der Waals surface area (Å²) in [7, 11) is 1.73. The topological polar surface area (TPSA) is 59.8 Å². The Hall–Kier alpha value is -2.79. The molecule has 0 aliphatic rings. The standard InChI is InChI=1S/C20H18ClNO4/c1-13(14-3-7-16(21)8-4-14)22(2)19(23)12-25-17-9-5-15-6-10-20(24)26-18(15)11-17/h3-11,13H,12H2,1-2H3. The summed E-state index contributed by atoms with van der Waals surface area (Å²) in [5.74, 6) is 0.301. The Labute approximate surface area is 155 Å². The zero-order valence-corrected chi connectivity index (χ0v) is 15.2. The van der Waals surface area contributed by atoms with Crippen LogP contribution in [-0.2, 0) is 4.79 Å². The van der Waals surface area contributed by atoms with E-state index in [0.29, 0.717) is 16.4 Å². The first-order valence-corrected chi connectivity index (χ1v) is 8.49. The number of likely N-dealkylation sites (N-methyl/N-ethyl adjacent to an activating group) is 1. The quantitative estimate of drug-likeness (QED) is 0.635. The second-order valence-corrected chi connectivity index (χ2v) is 6.41. The number of carbonyl (C=O) groups excluding carboxylic acids is 1. The maximum absolute atomic E-state index is 12.4. The molecule has 0 fully saturated rings. The smallest absolute Gasteiger partial charge is 0.336 e. The Morgan fingerprint density at radius 2 is 1.85 bits per heavy atom. The van der Waals surface area contributed by atoms with Crippen molar-refractivity contribution in [3.8, 4) is 5.75 Å². The van der Waals surface area contributed by atoms with E-state index in [-0.39, 0.29) is 18.6 Å². The maximum Gasteiger partial charge on any atom is 0.336 e. The van der Waals surface area contributed by atoms with Gasteiger partial charge in [0.2, 0.25) is 0 Å². The Balaban J connectivity index is 1.66. The SMILES string of the molecule is CC(c1ccc(Cl)cc1)N(C)C(=O)COc1ccc2ccc(=O)oc2c1. The highest BCUT2D eigenvalue weighted by atomic mass is 35.5. The van der Waals surface area contributed by atoms with Crippen LogP contribution in [0.2, 0.25) is 5.02 Å². The van der Waals surface area contributed by atoms with E-state index < -0.39 is 5.63 Å². The van der Waals surface area contributed by atoms with Crippen molar-refractivity contribution in [2.75, 3.05) is 13.7 Å². The van der Waals surface area contributed by atoms with Crippen molar-refractivity contribution in [2.24, 2.45) is 0 Å². The van der Waals surface area contributed by atoms with Crippen molar-refractivity contribution < 1.29 is 13.9 Å². The minimum Gasteiger partial charge on any atom is -0.484 e. The second kappa shape index (κ2) is 7.62. The average molecular weight is 372 g/mol. The normalized spacial score (nSPS) is 12.0. The van der Waals surface area contributed by atoms with Crippen molar-refractivity contribution in [1.82, 2.24) is 4.90 Å². The van der Waals surface area contributed by atoms with Gasteiger partial charge in [-0.3, -0.25) is 4.79 Å². The Kier molecular flexibility index (Phi) is 5.28. The minimum atomic E-state index is -0.428. The molecule has 1 heterocycles. The van der Waals surface area contributed by atoms with Crippen LogP contribution in [0.3, 0.4) is 0 Å². The van der Waals surface area contributed by atoms with E-state index in [0.717, 1.165) is 10.9 Å². The van der Waals surface area contributed by atoms with E-state index in [1.165, 1.54) is 6.07 Å². The van der Waals surface area contributed by atoms with Crippen LogP contribution in [-0.4, -0.2) is 24.5 Å². The van der Waals surface area contributed by atoms with Crippen molar-refractivity contribution in [1.29, 1.82) is 0 Å². The Morgan fingerprint density at radius 3 is 2.58 bits per heavy atom. The molecule has 26 heavy (non-hydrogen) atoms. The molecule has 0 saturated heterocycles. The highest BCUT2D eigenvalue weighted by Gasteiger charge is 2.18. The highest BCUT2D eigenvalue weighted by molar-refractivity contribution is 6.30. The molecule has 0 spiro atoms. The van der Waals surface area contributed by atoms with Crippen molar-refractivity contribution in [3.63, 3.8) is 0 Å². The summed E-state index contributed by atoms with van der Waals surface area (Å²) in [6.45, 7) is 1.82. The molecule has 0 aliphatic carbocycles. The summed E-state index contributed by atoms with van der Waals surface area (Å²) in [5.41, 5.74) is 0.977. The van der Waals surface area contributed by atoms with Crippen LogP contribution >= 0.6 is 11.6 Å². The van der Waals surface area contributed by atoms with Gasteiger partial charge in [0.15, 0.2) is 6.61 Å². The average Bonchev–Trinajstić information content (AvgIpc) is 2.65. The highest BCUT2D eigenvalue weighted by Crippen LogP contribution is 2.22. The number of benzene rings is 2. The maximum atomic E-state index is 12.4. The van der Waals surface area contributed by atoms with Crippen molar-refractivity contribution in [3.05, 3.63) is 75.6 Å². The van der Waals surface area contributed by atoms with Crippen LogP contribution in [0.5, 0.6) is 5.75 Å². The molecular weight excluding hydrogens is 354 g/mol. The fourth-order valence-electron chi connectivity index (χ4n) is 2.56. The number of ether oxygens (including phenoxy) is 1. The third-order valence-electron chi connectivity index (χ3n) is 4.28. The summed E-state index contributed by atoms with van der Waals surface area (Å²) in [4.78, 5) is 25.3. The lowest BCUT2D eigenvalue weighted by Gasteiger charge is -2.25. The number of rotatable bonds is 5. The van der Waals surface area contributed by atoms with Gasteiger partial charge in [-0.1, -0.05) is 23.7 Å². The number of halogens is 1. The number of nitrogens with zero attached hydrogens (tertiary/aromatic N) is 1. The van der Waals surface area contributed by atoms with Gasteiger partial charge < -0.3 is 14.1 Å². The number of fused-ring (bicyclic) bond motifs is 1. The van der Waals surface area contributed by atoms with Crippen LogP contribution in [0.25, 0.3) is 11.0 Å². The lowest BCUT2D eigenvalue weighted by atomic mass is 10.1. The number of amides is 1. The van der Waals surface area contributed by atoms with Gasteiger partial charge in [-0.15, -0.1) is 0 Å². The fraction of sp³-hybridized carbons (Fsp3) is 0.200.